The maximum atomic E-state index is 13.1. The quantitative estimate of drug-likeness (QED) is 0.508. The summed E-state index contributed by atoms with van der Waals surface area (Å²) < 4.78 is 19.9. The van der Waals surface area contributed by atoms with E-state index < -0.39 is 17.0 Å². The minimum atomic E-state index is -1.52. The highest BCUT2D eigenvalue weighted by molar-refractivity contribution is 7.82. The molecule has 1 fully saturated rings. The molecule has 2 amide bonds. The molecule has 10 heteroatoms. The van der Waals surface area contributed by atoms with Gasteiger partial charge >= 0.3 is 0 Å². The fraction of sp³-hybridized carbons (Fsp3) is 0.519. The first-order valence-electron chi connectivity index (χ1n) is 12.6. The summed E-state index contributed by atoms with van der Waals surface area (Å²) in [6, 6.07) is 7.03. The zero-order valence-electron chi connectivity index (χ0n) is 22.7. The fourth-order valence-corrected chi connectivity index (χ4v) is 6.02. The molecule has 1 aliphatic rings. The predicted molar refractivity (Wildman–Crippen MR) is 146 cm³/mol. The molecule has 1 N–H and O–H groups in total. The molecule has 1 aromatic heterocycles. The number of likely N-dealkylation sites (N-methyl/N-ethyl adjacent to an activating group) is 2. The van der Waals surface area contributed by atoms with Crippen molar-refractivity contribution in [3.63, 3.8) is 0 Å². The molecule has 2 atom stereocenters. The van der Waals surface area contributed by atoms with E-state index in [2.05, 4.69) is 15.2 Å². The van der Waals surface area contributed by atoms with Crippen molar-refractivity contribution in [2.24, 2.45) is 5.92 Å². The summed E-state index contributed by atoms with van der Waals surface area (Å²) in [5, 5.41) is 2.77. The van der Waals surface area contributed by atoms with Crippen molar-refractivity contribution in [2.45, 2.75) is 44.6 Å². The zero-order valence-corrected chi connectivity index (χ0v) is 23.5. The Balaban J connectivity index is 1.47. The molecule has 202 valence electrons. The highest BCUT2D eigenvalue weighted by Crippen LogP contribution is 2.26. The van der Waals surface area contributed by atoms with Crippen molar-refractivity contribution in [3.8, 4) is 5.75 Å². The minimum Gasteiger partial charge on any atom is -0.497 e. The first-order chi connectivity index (χ1) is 17.6. The van der Waals surface area contributed by atoms with Gasteiger partial charge in [0.05, 0.1) is 18.6 Å². The van der Waals surface area contributed by atoms with E-state index in [0.29, 0.717) is 23.1 Å². The first kappa shape index (κ1) is 28.6. The summed E-state index contributed by atoms with van der Waals surface area (Å²) >= 11 is 0. The SMILES string of the molecule is COc1cc(C)c(S(=O)N(C)CC(=O)NC(C)C(=O)N(C)CC2CCN(c3ccncc3)CC2)c(C)c1. The molecule has 1 aromatic carbocycles. The Morgan fingerprint density at radius 3 is 2.32 bits per heavy atom. The monoisotopic (exact) mass is 529 g/mol. The second-order valence-electron chi connectivity index (χ2n) is 9.77. The van der Waals surface area contributed by atoms with Crippen LogP contribution in [0, 0.1) is 19.8 Å². The van der Waals surface area contributed by atoms with Crippen LogP contribution in [0.3, 0.4) is 0 Å². The van der Waals surface area contributed by atoms with Gasteiger partial charge in [0.25, 0.3) is 0 Å². The molecule has 3 rings (SSSR count). The molecule has 0 saturated carbocycles. The molecule has 37 heavy (non-hydrogen) atoms. The van der Waals surface area contributed by atoms with Crippen molar-refractivity contribution in [2.75, 3.05) is 52.3 Å². The van der Waals surface area contributed by atoms with E-state index in [1.807, 2.05) is 38.1 Å². The van der Waals surface area contributed by atoms with Gasteiger partial charge < -0.3 is 19.9 Å². The van der Waals surface area contributed by atoms with Crippen LogP contribution in [-0.4, -0.2) is 83.6 Å². The Kier molecular flexibility index (Phi) is 10.0. The number of methoxy groups -OCH3 is 1. The van der Waals surface area contributed by atoms with Crippen LogP contribution in [-0.2, 0) is 20.6 Å². The summed E-state index contributed by atoms with van der Waals surface area (Å²) in [6.07, 6.45) is 5.61. The molecule has 2 unspecified atom stereocenters. The Labute approximate surface area is 222 Å². The second kappa shape index (κ2) is 13.0. The number of anilines is 1. The highest BCUT2D eigenvalue weighted by Gasteiger charge is 2.26. The van der Waals surface area contributed by atoms with Crippen LogP contribution in [0.5, 0.6) is 5.75 Å². The molecule has 1 saturated heterocycles. The smallest absolute Gasteiger partial charge is 0.244 e. The Hall–Kier alpha value is -2.98. The Morgan fingerprint density at radius 1 is 1.16 bits per heavy atom. The van der Waals surface area contributed by atoms with Gasteiger partial charge in [-0.25, -0.2) is 8.51 Å². The van der Waals surface area contributed by atoms with E-state index >= 15 is 0 Å². The number of pyridine rings is 1. The first-order valence-corrected chi connectivity index (χ1v) is 13.7. The van der Waals surface area contributed by atoms with Crippen LogP contribution in [0.25, 0.3) is 0 Å². The molecule has 0 spiro atoms. The van der Waals surface area contributed by atoms with Gasteiger partial charge in [-0.05, 0) is 74.9 Å². The van der Waals surface area contributed by atoms with Crippen LogP contribution in [0.4, 0.5) is 5.69 Å². The topological polar surface area (TPSA) is 95.1 Å². The van der Waals surface area contributed by atoms with Crippen LogP contribution >= 0.6 is 0 Å². The lowest BCUT2D eigenvalue weighted by atomic mass is 9.95. The number of nitrogens with one attached hydrogen (secondary N) is 1. The van der Waals surface area contributed by atoms with E-state index in [1.165, 1.54) is 9.99 Å². The van der Waals surface area contributed by atoms with Crippen LogP contribution in [0.15, 0.2) is 41.6 Å². The van der Waals surface area contributed by atoms with Crippen LogP contribution in [0.2, 0.25) is 0 Å². The molecule has 0 bridgehead atoms. The minimum absolute atomic E-state index is 0.0910. The van der Waals surface area contributed by atoms with E-state index in [4.69, 9.17) is 4.74 Å². The molecular weight excluding hydrogens is 490 g/mol. The molecule has 9 nitrogen and oxygen atoms in total. The number of carbonyl (C=O) groups is 2. The maximum Gasteiger partial charge on any atom is 0.244 e. The predicted octanol–water partition coefficient (Wildman–Crippen LogP) is 2.54. The van der Waals surface area contributed by atoms with Crippen molar-refractivity contribution in [1.29, 1.82) is 0 Å². The summed E-state index contributed by atoms with van der Waals surface area (Å²) in [4.78, 5) is 34.4. The van der Waals surface area contributed by atoms with E-state index in [0.717, 1.165) is 37.1 Å². The molecule has 0 radical (unpaired) electrons. The number of aryl methyl sites for hydroxylation is 2. The molecule has 2 heterocycles. The normalized spacial score (nSPS) is 15.8. The van der Waals surface area contributed by atoms with Gasteiger partial charge in [-0.15, -0.1) is 0 Å². The van der Waals surface area contributed by atoms with Gasteiger partial charge in [0.2, 0.25) is 11.8 Å². The number of rotatable bonds is 10. The molecule has 0 aliphatic carbocycles. The lowest BCUT2D eigenvalue weighted by Crippen LogP contribution is -2.49. The number of carbonyl (C=O) groups excluding carboxylic acids is 2. The van der Waals surface area contributed by atoms with Gasteiger partial charge in [-0.3, -0.25) is 14.6 Å². The largest absolute Gasteiger partial charge is 0.497 e. The molecular formula is C27H39N5O4S. The van der Waals surface area contributed by atoms with E-state index in [-0.39, 0.29) is 18.4 Å². The van der Waals surface area contributed by atoms with Crippen molar-refractivity contribution < 1.29 is 18.5 Å². The number of nitrogens with zero attached hydrogens (tertiary/aromatic N) is 4. The number of aromatic nitrogens is 1. The summed E-state index contributed by atoms with van der Waals surface area (Å²) in [5.74, 6) is 0.640. The standard InChI is InChI=1S/C27H39N5O4S/c1-19-15-24(36-6)16-20(2)26(19)37(35)31(5)18-25(33)29-21(3)27(34)30(4)17-22-9-13-32(14-10-22)23-7-11-28-12-8-23/h7-8,11-12,15-16,21-22H,9-10,13-14,17-18H2,1-6H3,(H,29,33). The third-order valence-electron chi connectivity index (χ3n) is 6.79. The summed E-state index contributed by atoms with van der Waals surface area (Å²) in [6.45, 7) is 7.89. The van der Waals surface area contributed by atoms with Gasteiger partial charge in [0, 0.05) is 51.8 Å². The zero-order chi connectivity index (χ0) is 27.1. The van der Waals surface area contributed by atoms with E-state index in [9.17, 15) is 13.8 Å². The number of hydrogen-bond acceptors (Lipinski definition) is 6. The van der Waals surface area contributed by atoms with Crippen LogP contribution < -0.4 is 15.0 Å². The number of piperidine rings is 1. The third kappa shape index (κ3) is 7.52. The number of ether oxygens (including phenoxy) is 1. The van der Waals surface area contributed by atoms with Crippen LogP contribution in [0.1, 0.15) is 30.9 Å². The van der Waals surface area contributed by atoms with Gasteiger partial charge in [0.15, 0.2) is 0 Å². The number of benzene rings is 1. The molecule has 1 aliphatic heterocycles. The van der Waals surface area contributed by atoms with Crippen molar-refractivity contribution in [1.82, 2.24) is 19.5 Å². The Morgan fingerprint density at radius 2 is 1.76 bits per heavy atom. The summed E-state index contributed by atoms with van der Waals surface area (Å²) in [5.41, 5.74) is 2.84. The average Bonchev–Trinajstić information content (AvgIpc) is 2.88. The molecule has 2 aromatic rings. The Bertz CT molecular complexity index is 1080. The van der Waals surface area contributed by atoms with Gasteiger partial charge in [0.1, 0.15) is 22.8 Å². The highest BCUT2D eigenvalue weighted by atomic mass is 32.2. The van der Waals surface area contributed by atoms with Gasteiger partial charge in [-0.2, -0.15) is 0 Å². The van der Waals surface area contributed by atoms with Gasteiger partial charge in [-0.1, -0.05) is 0 Å². The maximum absolute atomic E-state index is 13.1. The lowest BCUT2D eigenvalue weighted by Gasteiger charge is -2.35. The average molecular weight is 530 g/mol. The van der Waals surface area contributed by atoms with Crippen molar-refractivity contribution >= 4 is 28.5 Å². The second-order valence-corrected chi connectivity index (χ2v) is 11.3. The number of hydrogen-bond donors (Lipinski definition) is 1. The van der Waals surface area contributed by atoms with E-state index in [1.54, 1.807) is 45.4 Å². The summed E-state index contributed by atoms with van der Waals surface area (Å²) in [7, 11) is 3.49. The third-order valence-corrected chi connectivity index (χ3v) is 8.48. The lowest BCUT2D eigenvalue weighted by molar-refractivity contribution is -0.135. The fourth-order valence-electron chi connectivity index (χ4n) is 4.81. The number of amides is 2. The van der Waals surface area contributed by atoms with Crippen molar-refractivity contribution in [3.05, 3.63) is 47.8 Å².